The molecule has 3 atom stereocenters. The summed E-state index contributed by atoms with van der Waals surface area (Å²) in [5.41, 5.74) is 8.24. The molecule has 3 N–H and O–H groups in total. The SMILES string of the molecule is CCCC(N)C(=O)NC1CCCOC1c1ccc(C)cc1. The molecule has 116 valence electrons. The zero-order chi connectivity index (χ0) is 15.2. The van der Waals surface area contributed by atoms with Crippen LogP contribution in [0.4, 0.5) is 0 Å². The molecule has 1 fully saturated rings. The van der Waals surface area contributed by atoms with Gasteiger partial charge in [-0.25, -0.2) is 0 Å². The smallest absolute Gasteiger partial charge is 0.237 e. The minimum Gasteiger partial charge on any atom is -0.371 e. The van der Waals surface area contributed by atoms with Crippen LogP contribution < -0.4 is 11.1 Å². The van der Waals surface area contributed by atoms with Crippen molar-refractivity contribution in [3.8, 4) is 0 Å². The second-order valence-corrected chi connectivity index (χ2v) is 5.85. The van der Waals surface area contributed by atoms with Crippen LogP contribution in [0.25, 0.3) is 0 Å². The second-order valence-electron chi connectivity index (χ2n) is 5.85. The van der Waals surface area contributed by atoms with Crippen molar-refractivity contribution in [2.45, 2.75) is 57.7 Å². The van der Waals surface area contributed by atoms with E-state index in [0.717, 1.165) is 31.4 Å². The maximum Gasteiger partial charge on any atom is 0.237 e. The Hall–Kier alpha value is -1.39. The van der Waals surface area contributed by atoms with E-state index in [1.807, 2.05) is 6.92 Å². The van der Waals surface area contributed by atoms with Gasteiger partial charge in [0.1, 0.15) is 6.10 Å². The maximum absolute atomic E-state index is 12.1. The van der Waals surface area contributed by atoms with E-state index >= 15 is 0 Å². The van der Waals surface area contributed by atoms with Crippen molar-refractivity contribution in [1.29, 1.82) is 0 Å². The molecule has 1 aromatic rings. The summed E-state index contributed by atoms with van der Waals surface area (Å²) in [5.74, 6) is -0.0653. The summed E-state index contributed by atoms with van der Waals surface area (Å²) in [7, 11) is 0. The molecule has 0 saturated carbocycles. The number of carbonyl (C=O) groups is 1. The average molecular weight is 290 g/mol. The molecule has 1 saturated heterocycles. The minimum absolute atomic E-state index is 0.0110. The van der Waals surface area contributed by atoms with Crippen LogP contribution in [0.2, 0.25) is 0 Å². The molecule has 4 nitrogen and oxygen atoms in total. The highest BCUT2D eigenvalue weighted by molar-refractivity contribution is 5.81. The molecule has 1 amide bonds. The summed E-state index contributed by atoms with van der Waals surface area (Å²) in [6.07, 6.45) is 3.46. The fourth-order valence-corrected chi connectivity index (χ4v) is 2.75. The van der Waals surface area contributed by atoms with Gasteiger partial charge in [0.2, 0.25) is 5.91 Å². The molecule has 1 aliphatic heterocycles. The van der Waals surface area contributed by atoms with Crippen LogP contribution in [0.5, 0.6) is 0 Å². The molecular weight excluding hydrogens is 264 g/mol. The predicted molar refractivity (Wildman–Crippen MR) is 83.9 cm³/mol. The second kappa shape index (κ2) is 7.57. The Labute approximate surface area is 127 Å². The summed E-state index contributed by atoms with van der Waals surface area (Å²) in [6, 6.07) is 7.91. The molecule has 1 aromatic carbocycles. The lowest BCUT2D eigenvalue weighted by Gasteiger charge is -2.33. The van der Waals surface area contributed by atoms with E-state index in [-0.39, 0.29) is 18.1 Å². The molecule has 0 radical (unpaired) electrons. The Kier molecular flexibility index (Phi) is 5.76. The Morgan fingerprint density at radius 2 is 2.14 bits per heavy atom. The highest BCUT2D eigenvalue weighted by Crippen LogP contribution is 2.28. The summed E-state index contributed by atoms with van der Waals surface area (Å²) < 4.78 is 5.90. The van der Waals surface area contributed by atoms with E-state index in [9.17, 15) is 4.79 Å². The number of aryl methyl sites for hydroxylation is 1. The number of hydrogen-bond donors (Lipinski definition) is 2. The highest BCUT2D eigenvalue weighted by Gasteiger charge is 2.29. The maximum atomic E-state index is 12.1. The Balaban J connectivity index is 2.05. The summed E-state index contributed by atoms with van der Waals surface area (Å²) in [6.45, 7) is 4.84. The van der Waals surface area contributed by atoms with Crippen LogP contribution in [0.3, 0.4) is 0 Å². The summed E-state index contributed by atoms with van der Waals surface area (Å²) >= 11 is 0. The van der Waals surface area contributed by atoms with Gasteiger partial charge in [0.25, 0.3) is 0 Å². The molecule has 0 aromatic heterocycles. The quantitative estimate of drug-likeness (QED) is 0.875. The van der Waals surface area contributed by atoms with Gasteiger partial charge in [0.15, 0.2) is 0 Å². The van der Waals surface area contributed by atoms with E-state index in [0.29, 0.717) is 6.42 Å². The topological polar surface area (TPSA) is 64.4 Å². The van der Waals surface area contributed by atoms with Gasteiger partial charge < -0.3 is 15.8 Å². The number of rotatable bonds is 5. The van der Waals surface area contributed by atoms with Gasteiger partial charge in [0, 0.05) is 6.61 Å². The number of amides is 1. The molecule has 1 aliphatic rings. The summed E-state index contributed by atoms with van der Waals surface area (Å²) in [4.78, 5) is 12.1. The third-order valence-electron chi connectivity index (χ3n) is 3.99. The standard InChI is InChI=1S/C17H26N2O2/c1-3-5-14(18)17(20)19-15-6-4-11-21-16(15)13-9-7-12(2)8-10-13/h7-10,14-16H,3-6,11,18H2,1-2H3,(H,19,20). The molecule has 0 bridgehead atoms. The molecule has 0 aliphatic carbocycles. The van der Waals surface area contributed by atoms with Gasteiger partial charge >= 0.3 is 0 Å². The van der Waals surface area contributed by atoms with Crippen molar-refractivity contribution in [3.05, 3.63) is 35.4 Å². The normalized spacial score (nSPS) is 23.6. The Bertz CT molecular complexity index is 458. The van der Waals surface area contributed by atoms with Gasteiger partial charge in [-0.3, -0.25) is 4.79 Å². The van der Waals surface area contributed by atoms with Gasteiger partial charge in [0.05, 0.1) is 12.1 Å². The van der Waals surface area contributed by atoms with Crippen LogP contribution in [0.15, 0.2) is 24.3 Å². The number of nitrogens with one attached hydrogen (secondary N) is 1. The third-order valence-corrected chi connectivity index (χ3v) is 3.99. The molecule has 1 heterocycles. The first-order chi connectivity index (χ1) is 10.1. The number of carbonyl (C=O) groups excluding carboxylic acids is 1. The molecule has 0 spiro atoms. The van der Waals surface area contributed by atoms with Crippen molar-refractivity contribution >= 4 is 5.91 Å². The predicted octanol–water partition coefficient (Wildman–Crippen LogP) is 2.46. The molecule has 3 unspecified atom stereocenters. The molecular formula is C17H26N2O2. The average Bonchev–Trinajstić information content (AvgIpc) is 2.49. The number of ether oxygens (including phenoxy) is 1. The lowest BCUT2D eigenvalue weighted by atomic mass is 9.95. The van der Waals surface area contributed by atoms with E-state index in [4.69, 9.17) is 10.5 Å². The van der Waals surface area contributed by atoms with Crippen LogP contribution in [-0.2, 0) is 9.53 Å². The van der Waals surface area contributed by atoms with E-state index in [1.54, 1.807) is 0 Å². The molecule has 21 heavy (non-hydrogen) atoms. The first-order valence-electron chi connectivity index (χ1n) is 7.86. The van der Waals surface area contributed by atoms with Crippen LogP contribution in [0.1, 0.15) is 49.8 Å². The summed E-state index contributed by atoms with van der Waals surface area (Å²) in [5, 5.41) is 3.08. The van der Waals surface area contributed by atoms with E-state index in [2.05, 4.69) is 36.5 Å². The monoisotopic (exact) mass is 290 g/mol. The van der Waals surface area contributed by atoms with Crippen molar-refractivity contribution in [3.63, 3.8) is 0 Å². The number of benzene rings is 1. The fraction of sp³-hybridized carbons (Fsp3) is 0.588. The largest absolute Gasteiger partial charge is 0.371 e. The van der Waals surface area contributed by atoms with E-state index < -0.39 is 6.04 Å². The lowest BCUT2D eigenvalue weighted by Crippen LogP contribution is -2.49. The van der Waals surface area contributed by atoms with Crippen LogP contribution in [-0.4, -0.2) is 24.6 Å². The molecule has 4 heteroatoms. The van der Waals surface area contributed by atoms with Crippen molar-refractivity contribution in [2.75, 3.05) is 6.61 Å². The lowest BCUT2D eigenvalue weighted by molar-refractivity contribution is -0.125. The van der Waals surface area contributed by atoms with Gasteiger partial charge in [-0.1, -0.05) is 43.2 Å². The molecule has 2 rings (SSSR count). The zero-order valence-electron chi connectivity index (χ0n) is 13.0. The number of nitrogens with two attached hydrogens (primary N) is 1. The van der Waals surface area contributed by atoms with Crippen LogP contribution in [0, 0.1) is 6.92 Å². The highest BCUT2D eigenvalue weighted by atomic mass is 16.5. The zero-order valence-corrected chi connectivity index (χ0v) is 13.0. The van der Waals surface area contributed by atoms with Crippen molar-refractivity contribution < 1.29 is 9.53 Å². The minimum atomic E-state index is -0.421. The van der Waals surface area contributed by atoms with Gasteiger partial charge in [-0.2, -0.15) is 0 Å². The first kappa shape index (κ1) is 16.0. The van der Waals surface area contributed by atoms with Gasteiger partial charge in [-0.15, -0.1) is 0 Å². The van der Waals surface area contributed by atoms with Crippen LogP contribution >= 0.6 is 0 Å². The first-order valence-corrected chi connectivity index (χ1v) is 7.86. The Morgan fingerprint density at radius 1 is 1.43 bits per heavy atom. The number of hydrogen-bond acceptors (Lipinski definition) is 3. The fourth-order valence-electron chi connectivity index (χ4n) is 2.75. The van der Waals surface area contributed by atoms with Crippen molar-refractivity contribution in [1.82, 2.24) is 5.32 Å². The van der Waals surface area contributed by atoms with Crippen molar-refractivity contribution in [2.24, 2.45) is 5.73 Å². The van der Waals surface area contributed by atoms with E-state index in [1.165, 1.54) is 5.56 Å². The Morgan fingerprint density at radius 3 is 2.81 bits per heavy atom. The van der Waals surface area contributed by atoms with Gasteiger partial charge in [-0.05, 0) is 31.7 Å². The third kappa shape index (κ3) is 4.29.